The van der Waals surface area contributed by atoms with Crippen LogP contribution in [0.3, 0.4) is 0 Å². The van der Waals surface area contributed by atoms with Gasteiger partial charge in [-0.05, 0) is 42.4 Å². The lowest BCUT2D eigenvalue weighted by Gasteiger charge is -2.07. The SMILES string of the molecule is Cc1ccccc1COc1n[nH]c(=S)n1/N=C/c1cn[nH]c1-c1ccc(Cl)cc1. The maximum absolute atomic E-state index is 5.97. The summed E-state index contributed by atoms with van der Waals surface area (Å²) in [4.78, 5) is 0. The van der Waals surface area contributed by atoms with Crippen LogP contribution >= 0.6 is 23.8 Å². The number of hydrogen-bond donors (Lipinski definition) is 2. The average Bonchev–Trinajstić information content (AvgIpc) is 3.33. The molecule has 0 aliphatic carbocycles. The highest BCUT2D eigenvalue weighted by molar-refractivity contribution is 7.71. The first-order valence-corrected chi connectivity index (χ1v) is 9.59. The average molecular weight is 425 g/mol. The molecular weight excluding hydrogens is 408 g/mol. The first-order chi connectivity index (χ1) is 14.1. The highest BCUT2D eigenvalue weighted by Gasteiger charge is 2.09. The van der Waals surface area contributed by atoms with Gasteiger partial charge < -0.3 is 4.74 Å². The van der Waals surface area contributed by atoms with E-state index in [2.05, 4.69) is 25.5 Å². The number of aromatic amines is 2. The summed E-state index contributed by atoms with van der Waals surface area (Å²) in [6.07, 6.45) is 3.34. The molecule has 0 saturated carbocycles. The van der Waals surface area contributed by atoms with Crippen molar-refractivity contribution in [2.45, 2.75) is 13.5 Å². The number of nitrogens with one attached hydrogen (secondary N) is 2. The van der Waals surface area contributed by atoms with Crippen molar-refractivity contribution >= 4 is 30.0 Å². The third-order valence-corrected chi connectivity index (χ3v) is 4.87. The molecule has 0 amide bonds. The van der Waals surface area contributed by atoms with Gasteiger partial charge in [-0.3, -0.25) is 5.10 Å². The van der Waals surface area contributed by atoms with Crippen LogP contribution in [-0.2, 0) is 6.61 Å². The summed E-state index contributed by atoms with van der Waals surface area (Å²) in [6.45, 7) is 2.40. The van der Waals surface area contributed by atoms with Crippen molar-refractivity contribution in [3.8, 4) is 17.3 Å². The van der Waals surface area contributed by atoms with E-state index in [0.29, 0.717) is 16.4 Å². The molecule has 4 aromatic rings. The Labute approximate surface area is 177 Å². The van der Waals surface area contributed by atoms with E-state index in [1.54, 1.807) is 12.4 Å². The van der Waals surface area contributed by atoms with Crippen molar-refractivity contribution in [3.05, 3.63) is 81.2 Å². The van der Waals surface area contributed by atoms with Crippen LogP contribution in [0.2, 0.25) is 5.02 Å². The Bertz CT molecular complexity index is 1210. The predicted octanol–water partition coefficient (Wildman–Crippen LogP) is 4.75. The maximum Gasteiger partial charge on any atom is 0.337 e. The molecule has 0 spiro atoms. The lowest BCUT2D eigenvalue weighted by atomic mass is 10.1. The summed E-state index contributed by atoms with van der Waals surface area (Å²) in [7, 11) is 0. The van der Waals surface area contributed by atoms with Gasteiger partial charge in [-0.25, -0.2) is 5.10 Å². The molecule has 0 fully saturated rings. The van der Waals surface area contributed by atoms with Crippen LogP contribution in [0.5, 0.6) is 6.01 Å². The quantitative estimate of drug-likeness (QED) is 0.345. The number of aryl methyl sites for hydroxylation is 1. The van der Waals surface area contributed by atoms with Gasteiger partial charge in [-0.15, -0.1) is 5.10 Å². The van der Waals surface area contributed by atoms with Gasteiger partial charge in [0.05, 0.1) is 18.1 Å². The van der Waals surface area contributed by atoms with Crippen molar-refractivity contribution in [2.75, 3.05) is 0 Å². The van der Waals surface area contributed by atoms with Crippen molar-refractivity contribution in [1.29, 1.82) is 0 Å². The largest absolute Gasteiger partial charge is 0.457 e. The second-order valence-electron chi connectivity index (χ2n) is 6.29. The van der Waals surface area contributed by atoms with Crippen LogP contribution in [0.25, 0.3) is 11.3 Å². The van der Waals surface area contributed by atoms with Gasteiger partial charge >= 0.3 is 6.01 Å². The van der Waals surface area contributed by atoms with E-state index < -0.39 is 0 Å². The summed E-state index contributed by atoms with van der Waals surface area (Å²) in [5.74, 6) is 0. The molecule has 9 heteroatoms. The van der Waals surface area contributed by atoms with Gasteiger partial charge in [0.15, 0.2) is 0 Å². The zero-order valence-electron chi connectivity index (χ0n) is 15.5. The van der Waals surface area contributed by atoms with E-state index in [1.165, 1.54) is 4.68 Å². The molecule has 2 heterocycles. The standard InChI is InChI=1S/C20H17ClN6OS/c1-13-4-2-3-5-15(13)12-28-19-25-26-20(29)27(19)23-11-16-10-22-24-18(16)14-6-8-17(21)9-7-14/h2-11H,12H2,1H3,(H,22,24)(H,26,29)/b23-11+. The molecule has 0 radical (unpaired) electrons. The number of nitrogens with zero attached hydrogens (tertiary/aromatic N) is 4. The van der Waals surface area contributed by atoms with Crippen LogP contribution in [0.1, 0.15) is 16.7 Å². The first-order valence-electron chi connectivity index (χ1n) is 8.80. The number of H-pyrrole nitrogens is 2. The molecule has 0 unspecified atom stereocenters. The van der Waals surface area contributed by atoms with Gasteiger partial charge in [-0.1, -0.05) is 48.0 Å². The van der Waals surface area contributed by atoms with Crippen molar-refractivity contribution in [3.63, 3.8) is 0 Å². The van der Waals surface area contributed by atoms with Crippen molar-refractivity contribution in [1.82, 2.24) is 25.1 Å². The van der Waals surface area contributed by atoms with Crippen molar-refractivity contribution < 1.29 is 4.74 Å². The van der Waals surface area contributed by atoms with Crippen LogP contribution in [-0.4, -0.2) is 31.3 Å². The Morgan fingerprint density at radius 3 is 2.76 bits per heavy atom. The smallest absolute Gasteiger partial charge is 0.337 e. The molecule has 0 aliphatic heterocycles. The summed E-state index contributed by atoms with van der Waals surface area (Å²) in [6, 6.07) is 15.7. The third kappa shape index (κ3) is 4.28. The second-order valence-corrected chi connectivity index (χ2v) is 7.11. The summed E-state index contributed by atoms with van der Waals surface area (Å²) in [5, 5.41) is 19.0. The molecule has 2 aromatic heterocycles. The molecule has 2 N–H and O–H groups in total. The molecule has 0 atom stereocenters. The number of hydrogen-bond acceptors (Lipinski definition) is 5. The molecule has 0 bridgehead atoms. The Morgan fingerprint density at radius 1 is 1.17 bits per heavy atom. The second kappa shape index (κ2) is 8.42. The van der Waals surface area contributed by atoms with Crippen LogP contribution in [0.15, 0.2) is 59.8 Å². The van der Waals surface area contributed by atoms with E-state index in [9.17, 15) is 0 Å². The lowest BCUT2D eigenvalue weighted by molar-refractivity contribution is 0.269. The van der Waals surface area contributed by atoms with E-state index in [-0.39, 0.29) is 6.01 Å². The Balaban J connectivity index is 1.57. The summed E-state index contributed by atoms with van der Waals surface area (Å²) < 4.78 is 7.59. The molecular formula is C20H17ClN6OS. The zero-order chi connectivity index (χ0) is 20.2. The lowest BCUT2D eigenvalue weighted by Crippen LogP contribution is -2.03. The molecule has 7 nitrogen and oxygen atoms in total. The number of halogens is 1. The molecule has 0 aliphatic rings. The Morgan fingerprint density at radius 2 is 1.97 bits per heavy atom. The fourth-order valence-electron chi connectivity index (χ4n) is 2.75. The predicted molar refractivity (Wildman–Crippen MR) is 115 cm³/mol. The van der Waals surface area contributed by atoms with E-state index in [4.69, 9.17) is 28.6 Å². The number of rotatable bonds is 6. The minimum Gasteiger partial charge on any atom is -0.457 e. The third-order valence-electron chi connectivity index (χ3n) is 4.35. The number of ether oxygens (including phenoxy) is 1. The molecule has 146 valence electrons. The van der Waals surface area contributed by atoms with Crippen LogP contribution in [0.4, 0.5) is 0 Å². The van der Waals surface area contributed by atoms with E-state index in [0.717, 1.165) is 27.9 Å². The monoisotopic (exact) mass is 424 g/mol. The molecule has 29 heavy (non-hydrogen) atoms. The fourth-order valence-corrected chi connectivity index (χ4v) is 3.04. The van der Waals surface area contributed by atoms with Gasteiger partial charge in [0.25, 0.3) is 0 Å². The molecule has 4 rings (SSSR count). The van der Waals surface area contributed by atoms with Crippen molar-refractivity contribution in [2.24, 2.45) is 5.10 Å². The zero-order valence-corrected chi connectivity index (χ0v) is 17.0. The maximum atomic E-state index is 5.97. The normalized spacial score (nSPS) is 11.2. The van der Waals surface area contributed by atoms with E-state index >= 15 is 0 Å². The van der Waals surface area contributed by atoms with E-state index in [1.807, 2.05) is 55.5 Å². The minimum atomic E-state index is 0.283. The Hall–Kier alpha value is -3.23. The van der Waals surface area contributed by atoms with Gasteiger partial charge in [-0.2, -0.15) is 14.9 Å². The van der Waals surface area contributed by atoms with Crippen LogP contribution < -0.4 is 4.74 Å². The fraction of sp³-hybridized carbons (Fsp3) is 0.100. The summed E-state index contributed by atoms with van der Waals surface area (Å²) >= 11 is 11.2. The first kappa shape index (κ1) is 19.1. The van der Waals surface area contributed by atoms with Gasteiger partial charge in [0, 0.05) is 16.1 Å². The van der Waals surface area contributed by atoms with Gasteiger partial charge in [0.1, 0.15) is 6.61 Å². The van der Waals surface area contributed by atoms with Gasteiger partial charge in [0.2, 0.25) is 4.77 Å². The minimum absolute atomic E-state index is 0.283. The Kier molecular flexibility index (Phi) is 5.55. The number of aromatic nitrogens is 5. The highest BCUT2D eigenvalue weighted by Crippen LogP contribution is 2.22. The summed E-state index contributed by atoms with van der Waals surface area (Å²) in [5.41, 5.74) is 4.77. The highest BCUT2D eigenvalue weighted by atomic mass is 35.5. The molecule has 0 saturated heterocycles. The van der Waals surface area contributed by atoms with Crippen LogP contribution in [0, 0.1) is 11.7 Å². The number of benzene rings is 2. The topological polar surface area (TPSA) is 83.9 Å². The molecule has 2 aromatic carbocycles.